The van der Waals surface area contributed by atoms with E-state index in [0.717, 1.165) is 16.9 Å². The molecule has 4 nitrogen and oxygen atoms in total. The largest absolute Gasteiger partial charge is 0.384 e. The third kappa shape index (κ3) is 1.68. The molecule has 19 heavy (non-hydrogen) atoms. The smallest absolute Gasteiger partial charge is 0.141 e. The van der Waals surface area contributed by atoms with Crippen molar-refractivity contribution < 1.29 is 0 Å². The Labute approximate surface area is 110 Å². The highest BCUT2D eigenvalue weighted by molar-refractivity contribution is 5.81. The Hall–Kier alpha value is -2.36. The first-order valence-corrected chi connectivity index (χ1v) is 6.52. The van der Waals surface area contributed by atoms with Crippen molar-refractivity contribution in [1.82, 2.24) is 14.5 Å². The normalized spacial score (nSPS) is 14.9. The van der Waals surface area contributed by atoms with Crippen LogP contribution in [-0.2, 0) is 0 Å². The first-order chi connectivity index (χ1) is 9.33. The van der Waals surface area contributed by atoms with E-state index >= 15 is 0 Å². The highest BCUT2D eigenvalue weighted by Crippen LogP contribution is 2.41. The van der Waals surface area contributed by atoms with Gasteiger partial charge < -0.3 is 10.3 Å². The summed E-state index contributed by atoms with van der Waals surface area (Å²) in [5, 5.41) is 0. The summed E-state index contributed by atoms with van der Waals surface area (Å²) in [5.41, 5.74) is 9.07. The van der Waals surface area contributed by atoms with E-state index in [9.17, 15) is 0 Å². The monoisotopic (exact) mass is 250 g/mol. The fourth-order valence-electron chi connectivity index (χ4n) is 2.54. The number of imidazole rings is 1. The van der Waals surface area contributed by atoms with Crippen LogP contribution in [0, 0.1) is 0 Å². The van der Waals surface area contributed by atoms with E-state index in [2.05, 4.69) is 27.8 Å². The van der Waals surface area contributed by atoms with Crippen LogP contribution in [0.4, 0.5) is 5.82 Å². The highest BCUT2D eigenvalue weighted by atomic mass is 15.1. The van der Waals surface area contributed by atoms with Crippen LogP contribution in [0.25, 0.3) is 22.4 Å². The van der Waals surface area contributed by atoms with Gasteiger partial charge in [0.2, 0.25) is 0 Å². The van der Waals surface area contributed by atoms with Crippen LogP contribution in [0.15, 0.2) is 42.6 Å². The molecule has 1 saturated carbocycles. The first-order valence-electron chi connectivity index (χ1n) is 6.52. The zero-order valence-corrected chi connectivity index (χ0v) is 10.5. The van der Waals surface area contributed by atoms with E-state index in [4.69, 9.17) is 10.7 Å². The van der Waals surface area contributed by atoms with Crippen LogP contribution in [-0.4, -0.2) is 14.5 Å². The van der Waals surface area contributed by atoms with Gasteiger partial charge >= 0.3 is 0 Å². The molecule has 0 unspecified atom stereocenters. The quantitative estimate of drug-likeness (QED) is 0.760. The predicted octanol–water partition coefficient (Wildman–Crippen LogP) is 3.02. The molecule has 94 valence electrons. The van der Waals surface area contributed by atoms with E-state index in [1.165, 1.54) is 18.4 Å². The maximum Gasteiger partial charge on any atom is 0.141 e. The number of aromatic nitrogens is 3. The molecule has 2 N–H and O–H groups in total. The van der Waals surface area contributed by atoms with Crippen molar-refractivity contribution in [3.8, 4) is 11.4 Å². The van der Waals surface area contributed by atoms with Gasteiger partial charge in [-0.15, -0.1) is 0 Å². The average molecular weight is 250 g/mol. The lowest BCUT2D eigenvalue weighted by atomic mass is 10.2. The molecule has 4 heteroatoms. The molecule has 0 bridgehead atoms. The van der Waals surface area contributed by atoms with E-state index in [1.54, 1.807) is 6.20 Å². The molecule has 0 atom stereocenters. The predicted molar refractivity (Wildman–Crippen MR) is 75.6 cm³/mol. The Morgan fingerprint density at radius 3 is 2.79 bits per heavy atom. The fraction of sp³-hybridized carbons (Fsp3) is 0.200. The van der Waals surface area contributed by atoms with E-state index in [-0.39, 0.29) is 0 Å². The third-order valence-corrected chi connectivity index (χ3v) is 3.55. The molecule has 2 aromatic heterocycles. The van der Waals surface area contributed by atoms with Crippen LogP contribution in [0.3, 0.4) is 0 Å². The summed E-state index contributed by atoms with van der Waals surface area (Å²) in [5.74, 6) is 1.53. The SMILES string of the molecule is Nc1cc(-c2nc3ccccc3n2C2CC2)ccn1. The molecule has 4 rings (SSSR count). The zero-order valence-electron chi connectivity index (χ0n) is 10.5. The molecule has 0 amide bonds. The molecule has 1 fully saturated rings. The van der Waals surface area contributed by atoms with Crippen LogP contribution < -0.4 is 5.73 Å². The van der Waals surface area contributed by atoms with E-state index in [1.807, 2.05) is 18.2 Å². The van der Waals surface area contributed by atoms with Crippen molar-refractivity contribution >= 4 is 16.9 Å². The summed E-state index contributed by atoms with van der Waals surface area (Å²) in [6, 6.07) is 12.7. The molecular formula is C15H14N4. The number of benzene rings is 1. The van der Waals surface area contributed by atoms with E-state index < -0.39 is 0 Å². The number of nitrogens with two attached hydrogens (primary N) is 1. The number of para-hydroxylation sites is 2. The summed E-state index contributed by atoms with van der Waals surface area (Å²) < 4.78 is 2.34. The van der Waals surface area contributed by atoms with Crippen molar-refractivity contribution in [2.24, 2.45) is 0 Å². The lowest BCUT2D eigenvalue weighted by molar-refractivity contribution is 0.775. The number of fused-ring (bicyclic) bond motifs is 1. The minimum Gasteiger partial charge on any atom is -0.384 e. The van der Waals surface area contributed by atoms with Crippen molar-refractivity contribution in [1.29, 1.82) is 0 Å². The van der Waals surface area contributed by atoms with Gasteiger partial charge in [-0.25, -0.2) is 9.97 Å². The van der Waals surface area contributed by atoms with Crippen molar-refractivity contribution in [3.63, 3.8) is 0 Å². The number of rotatable bonds is 2. The number of nitrogen functional groups attached to an aromatic ring is 1. The standard InChI is InChI=1S/C15H14N4/c16-14-9-10(7-8-17-14)15-18-12-3-1-2-4-13(12)19(15)11-5-6-11/h1-4,7-9,11H,5-6H2,(H2,16,17). The molecule has 0 aliphatic heterocycles. The summed E-state index contributed by atoms with van der Waals surface area (Å²) in [4.78, 5) is 8.82. The number of anilines is 1. The van der Waals surface area contributed by atoms with Gasteiger partial charge in [0.05, 0.1) is 11.0 Å². The molecule has 1 aliphatic rings. The van der Waals surface area contributed by atoms with Crippen molar-refractivity contribution in [2.75, 3.05) is 5.73 Å². The highest BCUT2D eigenvalue weighted by Gasteiger charge is 2.28. The van der Waals surface area contributed by atoms with Crippen molar-refractivity contribution in [3.05, 3.63) is 42.6 Å². The van der Waals surface area contributed by atoms with Gasteiger partial charge in [-0.2, -0.15) is 0 Å². The minimum absolute atomic E-state index is 0.534. The van der Waals surface area contributed by atoms with Crippen LogP contribution in [0.1, 0.15) is 18.9 Å². The van der Waals surface area contributed by atoms with Gasteiger partial charge in [-0.1, -0.05) is 12.1 Å². The number of pyridine rings is 1. The Bertz CT molecular complexity index is 756. The van der Waals surface area contributed by atoms with Gasteiger partial charge in [0.15, 0.2) is 0 Å². The van der Waals surface area contributed by atoms with Crippen molar-refractivity contribution in [2.45, 2.75) is 18.9 Å². The van der Waals surface area contributed by atoms with Crippen LogP contribution >= 0.6 is 0 Å². The van der Waals surface area contributed by atoms with Gasteiger partial charge in [0.25, 0.3) is 0 Å². The second kappa shape index (κ2) is 3.82. The first kappa shape index (κ1) is 10.6. The van der Waals surface area contributed by atoms with Gasteiger partial charge in [-0.05, 0) is 37.1 Å². The maximum absolute atomic E-state index is 5.78. The van der Waals surface area contributed by atoms with Gasteiger partial charge in [0, 0.05) is 17.8 Å². The minimum atomic E-state index is 0.534. The fourth-order valence-corrected chi connectivity index (χ4v) is 2.54. The molecule has 2 heterocycles. The third-order valence-electron chi connectivity index (χ3n) is 3.55. The Balaban J connectivity index is 2.00. The maximum atomic E-state index is 5.78. The van der Waals surface area contributed by atoms with Gasteiger partial charge in [0.1, 0.15) is 11.6 Å². The second-order valence-electron chi connectivity index (χ2n) is 4.99. The topological polar surface area (TPSA) is 56.7 Å². The summed E-state index contributed by atoms with van der Waals surface area (Å²) in [7, 11) is 0. The Morgan fingerprint density at radius 2 is 2.00 bits per heavy atom. The zero-order chi connectivity index (χ0) is 12.8. The molecule has 1 aliphatic carbocycles. The van der Waals surface area contributed by atoms with Crippen LogP contribution in [0.2, 0.25) is 0 Å². The van der Waals surface area contributed by atoms with Gasteiger partial charge in [-0.3, -0.25) is 0 Å². The van der Waals surface area contributed by atoms with E-state index in [0.29, 0.717) is 11.9 Å². The lowest BCUT2D eigenvalue weighted by Gasteiger charge is -2.07. The molecule has 0 saturated heterocycles. The molecule has 0 spiro atoms. The molecular weight excluding hydrogens is 236 g/mol. The summed E-state index contributed by atoms with van der Waals surface area (Å²) in [6.45, 7) is 0. The molecule has 1 aromatic carbocycles. The molecule has 3 aromatic rings. The average Bonchev–Trinajstić information content (AvgIpc) is 3.18. The summed E-state index contributed by atoms with van der Waals surface area (Å²) in [6.07, 6.45) is 4.20. The number of nitrogens with zero attached hydrogens (tertiary/aromatic N) is 3. The number of hydrogen-bond donors (Lipinski definition) is 1. The lowest BCUT2D eigenvalue weighted by Crippen LogP contribution is -1.98. The second-order valence-corrected chi connectivity index (χ2v) is 4.99. The van der Waals surface area contributed by atoms with Crippen LogP contribution in [0.5, 0.6) is 0 Å². The molecule has 0 radical (unpaired) electrons. The Morgan fingerprint density at radius 1 is 1.16 bits per heavy atom. The number of hydrogen-bond acceptors (Lipinski definition) is 3. The Kier molecular flexibility index (Phi) is 2.12. The summed E-state index contributed by atoms with van der Waals surface area (Å²) >= 11 is 0.